The Labute approximate surface area is 76.9 Å². The van der Waals surface area contributed by atoms with Gasteiger partial charge in [-0.1, -0.05) is 27.7 Å². The summed E-state index contributed by atoms with van der Waals surface area (Å²) < 4.78 is 0. The Kier molecular flexibility index (Phi) is 3.16. The van der Waals surface area contributed by atoms with Crippen LogP contribution in [0.5, 0.6) is 0 Å². The molecule has 1 heterocycles. The Morgan fingerprint density at radius 2 is 2.00 bits per heavy atom. The minimum atomic E-state index is 0.475. The highest BCUT2D eigenvalue weighted by Crippen LogP contribution is 2.27. The van der Waals surface area contributed by atoms with Gasteiger partial charge in [0.05, 0.1) is 0 Å². The molecular weight excluding hydrogens is 146 g/mol. The molecule has 0 aromatic carbocycles. The largest absolute Gasteiger partial charge is 0.314 e. The molecule has 0 amide bonds. The van der Waals surface area contributed by atoms with Crippen LogP contribution in [0.25, 0.3) is 0 Å². The third-order valence-corrected chi connectivity index (χ3v) is 2.76. The van der Waals surface area contributed by atoms with E-state index in [-0.39, 0.29) is 0 Å². The summed E-state index contributed by atoms with van der Waals surface area (Å²) in [6.45, 7) is 10.6. The van der Waals surface area contributed by atoms with Gasteiger partial charge in [0, 0.05) is 6.04 Å². The van der Waals surface area contributed by atoms with Crippen LogP contribution in [0.3, 0.4) is 0 Å². The standard InChI is InChI=1S/C11H23N/c1-9-6-5-7-12-10(9)8-11(2,3)4/h9-10,12H,5-8H2,1-4H3. The van der Waals surface area contributed by atoms with Crippen molar-refractivity contribution in [3.8, 4) is 0 Å². The van der Waals surface area contributed by atoms with Crippen molar-refractivity contribution in [3.63, 3.8) is 0 Å². The fourth-order valence-electron chi connectivity index (χ4n) is 2.05. The molecule has 1 fully saturated rings. The molecule has 0 aromatic heterocycles. The molecule has 72 valence electrons. The highest BCUT2D eigenvalue weighted by atomic mass is 14.9. The molecule has 1 aliphatic heterocycles. The lowest BCUT2D eigenvalue weighted by Gasteiger charge is -2.34. The van der Waals surface area contributed by atoms with Crippen LogP contribution in [0, 0.1) is 11.3 Å². The fraction of sp³-hybridized carbons (Fsp3) is 1.00. The lowest BCUT2D eigenvalue weighted by Crippen LogP contribution is -2.42. The van der Waals surface area contributed by atoms with Gasteiger partial charge in [-0.3, -0.25) is 0 Å². The van der Waals surface area contributed by atoms with E-state index >= 15 is 0 Å². The Morgan fingerprint density at radius 3 is 2.50 bits per heavy atom. The van der Waals surface area contributed by atoms with E-state index in [9.17, 15) is 0 Å². The van der Waals surface area contributed by atoms with Crippen molar-refractivity contribution < 1.29 is 0 Å². The monoisotopic (exact) mass is 169 g/mol. The molecule has 1 heteroatoms. The maximum atomic E-state index is 3.63. The van der Waals surface area contributed by atoms with Crippen molar-refractivity contribution >= 4 is 0 Å². The van der Waals surface area contributed by atoms with Crippen molar-refractivity contribution in [1.29, 1.82) is 0 Å². The van der Waals surface area contributed by atoms with E-state index in [1.807, 2.05) is 0 Å². The summed E-state index contributed by atoms with van der Waals surface area (Å²) in [7, 11) is 0. The van der Waals surface area contributed by atoms with E-state index in [1.54, 1.807) is 0 Å². The average Bonchev–Trinajstić information content (AvgIpc) is 1.91. The van der Waals surface area contributed by atoms with Crippen LogP contribution in [0.15, 0.2) is 0 Å². The smallest absolute Gasteiger partial charge is 0.00976 e. The van der Waals surface area contributed by atoms with Crippen LogP contribution in [0.1, 0.15) is 47.0 Å². The van der Waals surface area contributed by atoms with E-state index in [0.717, 1.165) is 12.0 Å². The van der Waals surface area contributed by atoms with Gasteiger partial charge in [0.25, 0.3) is 0 Å². The predicted molar refractivity (Wildman–Crippen MR) is 54.3 cm³/mol. The highest BCUT2D eigenvalue weighted by molar-refractivity contribution is 4.82. The third-order valence-electron chi connectivity index (χ3n) is 2.76. The minimum Gasteiger partial charge on any atom is -0.314 e. The zero-order valence-electron chi connectivity index (χ0n) is 8.98. The van der Waals surface area contributed by atoms with E-state index in [2.05, 4.69) is 33.0 Å². The molecule has 12 heavy (non-hydrogen) atoms. The molecule has 1 aliphatic rings. The quantitative estimate of drug-likeness (QED) is 0.636. The first-order valence-electron chi connectivity index (χ1n) is 5.22. The van der Waals surface area contributed by atoms with Gasteiger partial charge in [-0.05, 0) is 37.1 Å². The molecule has 0 saturated carbocycles. The molecule has 0 bridgehead atoms. The Morgan fingerprint density at radius 1 is 1.33 bits per heavy atom. The average molecular weight is 169 g/mol. The van der Waals surface area contributed by atoms with E-state index in [0.29, 0.717) is 5.41 Å². The van der Waals surface area contributed by atoms with Crippen molar-refractivity contribution in [2.45, 2.75) is 53.0 Å². The second-order valence-electron chi connectivity index (χ2n) is 5.44. The molecule has 0 spiro atoms. The summed E-state index contributed by atoms with van der Waals surface area (Å²) in [6.07, 6.45) is 4.09. The van der Waals surface area contributed by atoms with E-state index in [1.165, 1.54) is 25.8 Å². The van der Waals surface area contributed by atoms with Crippen molar-refractivity contribution in [1.82, 2.24) is 5.32 Å². The highest BCUT2D eigenvalue weighted by Gasteiger charge is 2.25. The first kappa shape index (κ1) is 10.0. The molecule has 2 atom stereocenters. The first-order chi connectivity index (χ1) is 5.49. The Bertz CT molecular complexity index is 134. The summed E-state index contributed by atoms with van der Waals surface area (Å²) in [5, 5.41) is 3.63. The molecule has 1 nitrogen and oxygen atoms in total. The zero-order valence-corrected chi connectivity index (χ0v) is 8.98. The zero-order chi connectivity index (χ0) is 9.19. The van der Waals surface area contributed by atoms with E-state index in [4.69, 9.17) is 0 Å². The van der Waals surface area contributed by atoms with Crippen LogP contribution in [-0.4, -0.2) is 12.6 Å². The first-order valence-corrected chi connectivity index (χ1v) is 5.22. The molecule has 0 aromatic rings. The summed E-state index contributed by atoms with van der Waals surface area (Å²) in [5.74, 6) is 0.873. The molecule has 1 saturated heterocycles. The molecule has 1 rings (SSSR count). The SMILES string of the molecule is CC1CCCNC1CC(C)(C)C. The Balaban J connectivity index is 2.39. The van der Waals surface area contributed by atoms with Crippen LogP contribution < -0.4 is 5.32 Å². The Hall–Kier alpha value is -0.0400. The second kappa shape index (κ2) is 3.78. The summed E-state index contributed by atoms with van der Waals surface area (Å²) in [4.78, 5) is 0. The van der Waals surface area contributed by atoms with Gasteiger partial charge in [-0.15, -0.1) is 0 Å². The van der Waals surface area contributed by atoms with Gasteiger partial charge in [0.2, 0.25) is 0 Å². The van der Waals surface area contributed by atoms with Crippen LogP contribution in [0.2, 0.25) is 0 Å². The molecule has 0 aliphatic carbocycles. The lowest BCUT2D eigenvalue weighted by atomic mass is 9.80. The number of nitrogens with one attached hydrogen (secondary N) is 1. The van der Waals surface area contributed by atoms with Gasteiger partial charge < -0.3 is 5.32 Å². The van der Waals surface area contributed by atoms with Crippen LogP contribution in [0.4, 0.5) is 0 Å². The van der Waals surface area contributed by atoms with E-state index < -0.39 is 0 Å². The maximum Gasteiger partial charge on any atom is 0.00976 e. The van der Waals surface area contributed by atoms with Crippen molar-refractivity contribution in [3.05, 3.63) is 0 Å². The van der Waals surface area contributed by atoms with Gasteiger partial charge in [0.1, 0.15) is 0 Å². The van der Waals surface area contributed by atoms with Crippen molar-refractivity contribution in [2.75, 3.05) is 6.54 Å². The van der Waals surface area contributed by atoms with Crippen molar-refractivity contribution in [2.24, 2.45) is 11.3 Å². The number of rotatable bonds is 1. The fourth-order valence-corrected chi connectivity index (χ4v) is 2.05. The molecule has 1 N–H and O–H groups in total. The number of hydrogen-bond acceptors (Lipinski definition) is 1. The van der Waals surface area contributed by atoms with Gasteiger partial charge >= 0.3 is 0 Å². The number of hydrogen-bond donors (Lipinski definition) is 1. The van der Waals surface area contributed by atoms with Gasteiger partial charge in [-0.2, -0.15) is 0 Å². The van der Waals surface area contributed by atoms with Crippen LogP contribution in [-0.2, 0) is 0 Å². The molecule has 0 radical (unpaired) electrons. The summed E-state index contributed by atoms with van der Waals surface area (Å²) in [6, 6.07) is 0.763. The normalized spacial score (nSPS) is 32.0. The summed E-state index contributed by atoms with van der Waals surface area (Å²) in [5.41, 5.74) is 0.475. The maximum absolute atomic E-state index is 3.63. The van der Waals surface area contributed by atoms with Gasteiger partial charge in [0.15, 0.2) is 0 Å². The molecule has 2 unspecified atom stereocenters. The second-order valence-corrected chi connectivity index (χ2v) is 5.44. The van der Waals surface area contributed by atoms with Crippen LogP contribution >= 0.6 is 0 Å². The van der Waals surface area contributed by atoms with Gasteiger partial charge in [-0.25, -0.2) is 0 Å². The predicted octanol–water partition coefficient (Wildman–Crippen LogP) is 2.81. The minimum absolute atomic E-state index is 0.475. The molecular formula is C11H23N. The lowest BCUT2D eigenvalue weighted by molar-refractivity contribution is 0.219. The summed E-state index contributed by atoms with van der Waals surface area (Å²) >= 11 is 0. The third kappa shape index (κ3) is 3.14. The number of piperidine rings is 1. The topological polar surface area (TPSA) is 12.0 Å².